The van der Waals surface area contributed by atoms with Crippen LogP contribution in [0.4, 0.5) is 4.39 Å². The van der Waals surface area contributed by atoms with Crippen LogP contribution in [0, 0.1) is 5.82 Å². The standard InChI is InChI=1S/C17H18BrFN2O3S2/c1-11(12-4-6-13(19)7-5-12)20-17(22)14-3-2-10-21(14)26(23,24)16-9-8-15(18)25-16/h4-9,11,14H,2-3,10H2,1H3,(H,20,22). The number of carbonyl (C=O) groups is 1. The maximum absolute atomic E-state index is 13.0. The molecule has 1 saturated heterocycles. The van der Waals surface area contributed by atoms with Crippen molar-refractivity contribution >= 4 is 43.2 Å². The van der Waals surface area contributed by atoms with Crippen LogP contribution in [0.5, 0.6) is 0 Å². The summed E-state index contributed by atoms with van der Waals surface area (Å²) in [6.45, 7) is 2.11. The number of benzene rings is 1. The molecule has 140 valence electrons. The third-order valence-corrected chi connectivity index (χ3v) is 8.35. The minimum absolute atomic E-state index is 0.218. The number of hydrogen-bond donors (Lipinski definition) is 1. The molecule has 1 fully saturated rings. The summed E-state index contributed by atoms with van der Waals surface area (Å²) in [6.07, 6.45) is 1.11. The van der Waals surface area contributed by atoms with Crippen LogP contribution in [0.2, 0.25) is 0 Å². The van der Waals surface area contributed by atoms with Crippen molar-refractivity contribution in [3.63, 3.8) is 0 Å². The van der Waals surface area contributed by atoms with Gasteiger partial charge in [0.2, 0.25) is 5.91 Å². The maximum Gasteiger partial charge on any atom is 0.253 e. The van der Waals surface area contributed by atoms with E-state index >= 15 is 0 Å². The lowest BCUT2D eigenvalue weighted by Gasteiger charge is -2.24. The number of halogens is 2. The molecule has 1 aromatic heterocycles. The van der Waals surface area contributed by atoms with Crippen molar-refractivity contribution in [1.29, 1.82) is 0 Å². The Morgan fingerprint density at radius 1 is 1.31 bits per heavy atom. The summed E-state index contributed by atoms with van der Waals surface area (Å²) >= 11 is 4.40. The second-order valence-corrected chi connectivity index (χ2v) is 10.7. The lowest BCUT2D eigenvalue weighted by Crippen LogP contribution is -2.46. The van der Waals surface area contributed by atoms with Crippen LogP contribution in [0.3, 0.4) is 0 Å². The smallest absolute Gasteiger partial charge is 0.253 e. The number of nitrogens with one attached hydrogen (secondary N) is 1. The molecule has 1 aliphatic rings. The first kappa shape index (κ1) is 19.5. The Hall–Kier alpha value is -1.29. The zero-order chi connectivity index (χ0) is 18.9. The van der Waals surface area contributed by atoms with Gasteiger partial charge in [-0.3, -0.25) is 4.79 Å². The van der Waals surface area contributed by atoms with Crippen LogP contribution in [-0.4, -0.2) is 31.2 Å². The van der Waals surface area contributed by atoms with Crippen molar-refractivity contribution < 1.29 is 17.6 Å². The Balaban J connectivity index is 1.75. The number of sulfonamides is 1. The molecule has 1 N–H and O–H groups in total. The predicted molar refractivity (Wildman–Crippen MR) is 102 cm³/mol. The van der Waals surface area contributed by atoms with Crippen molar-refractivity contribution in [2.75, 3.05) is 6.54 Å². The van der Waals surface area contributed by atoms with Gasteiger partial charge in [-0.25, -0.2) is 12.8 Å². The van der Waals surface area contributed by atoms with Crippen LogP contribution < -0.4 is 5.32 Å². The minimum Gasteiger partial charge on any atom is -0.348 e. The highest BCUT2D eigenvalue weighted by Gasteiger charge is 2.40. The highest BCUT2D eigenvalue weighted by Crippen LogP contribution is 2.32. The number of thiophene rings is 1. The molecule has 0 bridgehead atoms. The molecule has 1 aliphatic heterocycles. The van der Waals surface area contributed by atoms with E-state index in [0.29, 0.717) is 19.4 Å². The predicted octanol–water partition coefficient (Wildman–Crippen LogP) is 3.68. The molecule has 2 atom stereocenters. The first-order valence-corrected chi connectivity index (χ1v) is 11.2. The van der Waals surface area contributed by atoms with Crippen molar-refractivity contribution in [3.05, 3.63) is 51.6 Å². The van der Waals surface area contributed by atoms with Gasteiger partial charge in [0.25, 0.3) is 10.0 Å². The minimum atomic E-state index is -3.71. The molecular formula is C17H18BrFN2O3S2. The summed E-state index contributed by atoms with van der Waals surface area (Å²) in [5, 5.41) is 2.84. The maximum atomic E-state index is 13.0. The molecule has 26 heavy (non-hydrogen) atoms. The first-order valence-electron chi connectivity index (χ1n) is 8.12. The van der Waals surface area contributed by atoms with Crippen LogP contribution in [0.1, 0.15) is 31.4 Å². The molecule has 2 aromatic rings. The number of carbonyl (C=O) groups excluding carboxylic acids is 1. The third-order valence-electron chi connectivity index (χ3n) is 4.35. The number of rotatable bonds is 5. The Morgan fingerprint density at radius 2 is 2.00 bits per heavy atom. The summed E-state index contributed by atoms with van der Waals surface area (Å²) in [5.41, 5.74) is 0.759. The van der Waals surface area contributed by atoms with E-state index < -0.39 is 16.1 Å². The van der Waals surface area contributed by atoms with E-state index in [-0.39, 0.29) is 22.0 Å². The zero-order valence-corrected chi connectivity index (χ0v) is 17.2. The largest absolute Gasteiger partial charge is 0.348 e. The lowest BCUT2D eigenvalue weighted by molar-refractivity contribution is -0.124. The Bertz CT molecular complexity index is 899. The highest BCUT2D eigenvalue weighted by molar-refractivity contribution is 9.11. The zero-order valence-electron chi connectivity index (χ0n) is 14.0. The van der Waals surface area contributed by atoms with Crippen molar-refractivity contribution in [1.82, 2.24) is 9.62 Å². The molecule has 2 heterocycles. The van der Waals surface area contributed by atoms with Gasteiger partial charge in [-0.2, -0.15) is 4.31 Å². The van der Waals surface area contributed by atoms with Gasteiger partial charge in [0.05, 0.1) is 9.83 Å². The molecule has 0 spiro atoms. The molecule has 5 nitrogen and oxygen atoms in total. The summed E-state index contributed by atoms with van der Waals surface area (Å²) in [5.74, 6) is -0.680. The third kappa shape index (κ3) is 4.00. The fourth-order valence-corrected chi connectivity index (χ4v) is 6.78. The first-order chi connectivity index (χ1) is 12.3. The van der Waals surface area contributed by atoms with Crippen LogP contribution in [0.15, 0.2) is 44.4 Å². The summed E-state index contributed by atoms with van der Waals surface area (Å²) in [4.78, 5) is 12.7. The van der Waals surface area contributed by atoms with E-state index in [1.54, 1.807) is 31.2 Å². The molecule has 3 rings (SSSR count). The molecule has 1 aromatic carbocycles. The SMILES string of the molecule is CC(NC(=O)C1CCCN1S(=O)(=O)c1ccc(Br)s1)c1ccc(F)cc1. The van der Waals surface area contributed by atoms with Gasteiger partial charge in [0, 0.05) is 6.54 Å². The van der Waals surface area contributed by atoms with Crippen molar-refractivity contribution in [2.45, 2.75) is 36.1 Å². The van der Waals surface area contributed by atoms with E-state index in [1.807, 2.05) is 0 Å². The molecule has 0 aliphatic carbocycles. The van der Waals surface area contributed by atoms with E-state index in [2.05, 4.69) is 21.2 Å². The van der Waals surface area contributed by atoms with Gasteiger partial charge in [-0.1, -0.05) is 12.1 Å². The summed E-state index contributed by atoms with van der Waals surface area (Å²) < 4.78 is 41.0. The molecule has 9 heteroatoms. The van der Waals surface area contributed by atoms with Gasteiger partial charge >= 0.3 is 0 Å². The monoisotopic (exact) mass is 460 g/mol. The van der Waals surface area contributed by atoms with Gasteiger partial charge in [-0.15, -0.1) is 11.3 Å². The average Bonchev–Trinajstić information content (AvgIpc) is 3.24. The lowest BCUT2D eigenvalue weighted by atomic mass is 10.1. The van der Waals surface area contributed by atoms with E-state index in [0.717, 1.165) is 20.7 Å². The van der Waals surface area contributed by atoms with Crippen LogP contribution >= 0.6 is 27.3 Å². The molecular weight excluding hydrogens is 443 g/mol. The van der Waals surface area contributed by atoms with Gasteiger partial charge in [0.15, 0.2) is 0 Å². The van der Waals surface area contributed by atoms with Crippen molar-refractivity contribution in [3.8, 4) is 0 Å². The van der Waals surface area contributed by atoms with E-state index in [1.165, 1.54) is 16.4 Å². The molecule has 1 amide bonds. The second-order valence-electron chi connectivity index (χ2n) is 6.11. The fraction of sp³-hybridized carbons (Fsp3) is 0.353. The molecule has 0 radical (unpaired) electrons. The van der Waals surface area contributed by atoms with Crippen molar-refractivity contribution in [2.24, 2.45) is 0 Å². The van der Waals surface area contributed by atoms with Gasteiger partial charge in [-0.05, 0) is 65.5 Å². The normalized spacial score (nSPS) is 19.4. The van der Waals surface area contributed by atoms with Crippen LogP contribution in [-0.2, 0) is 14.8 Å². The number of hydrogen-bond acceptors (Lipinski definition) is 4. The topological polar surface area (TPSA) is 66.5 Å². The van der Waals surface area contributed by atoms with Crippen LogP contribution in [0.25, 0.3) is 0 Å². The second kappa shape index (κ2) is 7.75. The summed E-state index contributed by atoms with van der Waals surface area (Å²) in [6, 6.07) is 8.02. The van der Waals surface area contributed by atoms with Gasteiger partial charge in [0.1, 0.15) is 16.1 Å². The number of amides is 1. The van der Waals surface area contributed by atoms with E-state index in [9.17, 15) is 17.6 Å². The molecule has 0 saturated carbocycles. The Labute approximate surface area is 164 Å². The Morgan fingerprint density at radius 3 is 2.62 bits per heavy atom. The molecule has 2 unspecified atom stereocenters. The average molecular weight is 461 g/mol. The highest BCUT2D eigenvalue weighted by atomic mass is 79.9. The van der Waals surface area contributed by atoms with Gasteiger partial charge < -0.3 is 5.32 Å². The number of nitrogens with zero attached hydrogens (tertiary/aromatic N) is 1. The fourth-order valence-electron chi connectivity index (χ4n) is 2.99. The Kier molecular flexibility index (Phi) is 5.81. The summed E-state index contributed by atoms with van der Waals surface area (Å²) in [7, 11) is -3.71. The van der Waals surface area contributed by atoms with E-state index in [4.69, 9.17) is 0 Å². The quantitative estimate of drug-likeness (QED) is 0.739.